The van der Waals surface area contributed by atoms with Gasteiger partial charge in [-0.25, -0.2) is 4.68 Å². The van der Waals surface area contributed by atoms with Crippen molar-refractivity contribution in [1.29, 1.82) is 0 Å². The van der Waals surface area contributed by atoms with Gasteiger partial charge in [0, 0.05) is 24.7 Å². The van der Waals surface area contributed by atoms with Crippen LogP contribution in [-0.2, 0) is 5.60 Å². The number of benzene rings is 1. The number of β-amino-alcohol motifs (C(OH)–C–C–N with tert-alkyl or cyclic N) is 1. The lowest BCUT2D eigenvalue weighted by molar-refractivity contribution is 0.0382. The normalized spacial score (nSPS) is 20.2. The summed E-state index contributed by atoms with van der Waals surface area (Å²) < 4.78 is 1.77. The zero-order chi connectivity index (χ0) is 17.4. The second-order valence-corrected chi connectivity index (χ2v) is 6.37. The first-order valence-corrected chi connectivity index (χ1v) is 8.05. The van der Waals surface area contributed by atoms with Crippen molar-refractivity contribution in [3.8, 4) is 5.69 Å². The Labute approximate surface area is 144 Å². The van der Waals surface area contributed by atoms with Gasteiger partial charge in [-0.15, -0.1) is 0 Å². The van der Waals surface area contributed by atoms with Gasteiger partial charge >= 0.3 is 0 Å². The van der Waals surface area contributed by atoms with Crippen molar-refractivity contribution < 1.29 is 9.90 Å². The molecule has 1 saturated heterocycles. The number of nitrogens with one attached hydrogen (secondary N) is 1. The van der Waals surface area contributed by atoms with Crippen molar-refractivity contribution in [2.24, 2.45) is 0 Å². The van der Waals surface area contributed by atoms with Gasteiger partial charge in [-0.2, -0.15) is 20.5 Å². The molecule has 1 aliphatic heterocycles. The molecule has 3 aromatic rings. The maximum atomic E-state index is 12.7. The Kier molecular flexibility index (Phi) is 3.61. The molecule has 4 rings (SSSR count). The van der Waals surface area contributed by atoms with Crippen LogP contribution in [0, 0.1) is 6.92 Å². The van der Waals surface area contributed by atoms with Crippen LogP contribution >= 0.6 is 0 Å². The van der Waals surface area contributed by atoms with Crippen molar-refractivity contribution in [2.75, 3.05) is 13.1 Å². The summed E-state index contributed by atoms with van der Waals surface area (Å²) >= 11 is 0. The van der Waals surface area contributed by atoms with Gasteiger partial charge in [0.1, 0.15) is 11.3 Å². The Morgan fingerprint density at radius 2 is 2.08 bits per heavy atom. The molecule has 3 heterocycles. The fourth-order valence-corrected chi connectivity index (χ4v) is 3.10. The van der Waals surface area contributed by atoms with E-state index in [0.717, 1.165) is 11.3 Å². The molecule has 1 aromatic carbocycles. The summed E-state index contributed by atoms with van der Waals surface area (Å²) in [6, 6.07) is 7.28. The van der Waals surface area contributed by atoms with E-state index in [0.29, 0.717) is 24.2 Å². The van der Waals surface area contributed by atoms with E-state index in [2.05, 4.69) is 20.5 Å². The summed E-state index contributed by atoms with van der Waals surface area (Å²) in [5.74, 6) is -0.109. The van der Waals surface area contributed by atoms with E-state index in [4.69, 9.17) is 0 Å². The van der Waals surface area contributed by atoms with Crippen LogP contribution in [0.5, 0.6) is 0 Å². The van der Waals surface area contributed by atoms with Crippen LogP contribution in [0.1, 0.15) is 28.0 Å². The Bertz CT molecular complexity index is 886. The van der Waals surface area contributed by atoms with Crippen LogP contribution in [0.2, 0.25) is 0 Å². The molecule has 8 heteroatoms. The molecule has 0 radical (unpaired) electrons. The third kappa shape index (κ3) is 2.80. The molecule has 0 saturated carbocycles. The van der Waals surface area contributed by atoms with Crippen molar-refractivity contribution in [2.45, 2.75) is 18.9 Å². The zero-order valence-electron chi connectivity index (χ0n) is 13.8. The lowest BCUT2D eigenvalue weighted by Gasteiger charge is -2.21. The molecule has 1 fully saturated rings. The lowest BCUT2D eigenvalue weighted by Crippen LogP contribution is -2.34. The molecular formula is C17H18N6O2. The number of rotatable bonds is 3. The third-order valence-corrected chi connectivity index (χ3v) is 4.52. The second-order valence-electron chi connectivity index (χ2n) is 6.37. The summed E-state index contributed by atoms with van der Waals surface area (Å²) in [7, 11) is 0. The van der Waals surface area contributed by atoms with Gasteiger partial charge in [-0.1, -0.05) is 0 Å². The van der Waals surface area contributed by atoms with Crippen LogP contribution in [0.15, 0.2) is 42.9 Å². The highest BCUT2D eigenvalue weighted by atomic mass is 16.3. The number of aromatic nitrogens is 5. The summed E-state index contributed by atoms with van der Waals surface area (Å²) in [6.45, 7) is 2.66. The maximum Gasteiger partial charge on any atom is 0.253 e. The van der Waals surface area contributed by atoms with E-state index in [1.807, 2.05) is 25.3 Å². The summed E-state index contributed by atoms with van der Waals surface area (Å²) in [4.78, 5) is 14.3. The Balaban J connectivity index is 1.50. The molecule has 2 N–H and O–H groups in total. The number of H-pyrrole nitrogens is 1. The number of hydrogen-bond acceptors (Lipinski definition) is 5. The highest BCUT2D eigenvalue weighted by molar-refractivity contribution is 5.94. The van der Waals surface area contributed by atoms with Crippen molar-refractivity contribution in [1.82, 2.24) is 30.1 Å². The van der Waals surface area contributed by atoms with Gasteiger partial charge in [-0.3, -0.25) is 4.79 Å². The second kappa shape index (κ2) is 5.82. The predicted molar refractivity (Wildman–Crippen MR) is 89.1 cm³/mol. The number of likely N-dealkylation sites (tertiary alicyclic amines) is 1. The van der Waals surface area contributed by atoms with Crippen LogP contribution < -0.4 is 0 Å². The number of amides is 1. The highest BCUT2D eigenvalue weighted by Crippen LogP contribution is 2.31. The minimum Gasteiger partial charge on any atom is -0.381 e. The van der Waals surface area contributed by atoms with E-state index in [1.54, 1.807) is 27.9 Å². The molecule has 0 bridgehead atoms. The SMILES string of the molecule is Cc1cnn(-c2ccc(C(=O)N3CCC(O)(c4cn[nH]n4)C3)cc2)c1. The van der Waals surface area contributed by atoms with Crippen molar-refractivity contribution in [3.63, 3.8) is 0 Å². The van der Waals surface area contributed by atoms with Gasteiger partial charge in [0.2, 0.25) is 0 Å². The smallest absolute Gasteiger partial charge is 0.253 e. The zero-order valence-corrected chi connectivity index (χ0v) is 13.8. The number of carbonyl (C=O) groups is 1. The van der Waals surface area contributed by atoms with E-state index in [-0.39, 0.29) is 12.5 Å². The van der Waals surface area contributed by atoms with Crippen LogP contribution in [0.25, 0.3) is 5.69 Å². The first-order valence-electron chi connectivity index (χ1n) is 8.05. The first-order chi connectivity index (χ1) is 12.0. The van der Waals surface area contributed by atoms with Crippen LogP contribution in [0.4, 0.5) is 0 Å². The molecule has 1 aliphatic rings. The molecule has 2 aromatic heterocycles. The number of hydrogen-bond donors (Lipinski definition) is 2. The van der Waals surface area contributed by atoms with Gasteiger partial charge in [0.05, 0.1) is 24.6 Å². The van der Waals surface area contributed by atoms with Crippen molar-refractivity contribution in [3.05, 3.63) is 59.7 Å². The minimum atomic E-state index is -1.14. The molecule has 0 aliphatic carbocycles. The Hall–Kier alpha value is -3.00. The average Bonchev–Trinajstić information content (AvgIpc) is 3.35. The molecule has 1 amide bonds. The number of carbonyl (C=O) groups excluding carboxylic acids is 1. The quantitative estimate of drug-likeness (QED) is 0.743. The minimum absolute atomic E-state index is 0.109. The fourth-order valence-electron chi connectivity index (χ4n) is 3.10. The Morgan fingerprint density at radius 3 is 2.72 bits per heavy atom. The molecular weight excluding hydrogens is 320 g/mol. The maximum absolute atomic E-state index is 12.7. The molecule has 1 atom stereocenters. The van der Waals surface area contributed by atoms with Gasteiger partial charge in [0.15, 0.2) is 0 Å². The van der Waals surface area contributed by atoms with E-state index in [9.17, 15) is 9.90 Å². The summed E-state index contributed by atoms with van der Waals surface area (Å²) in [5.41, 5.74) is 1.87. The number of aromatic amines is 1. The number of aliphatic hydroxyl groups is 1. The fraction of sp³-hybridized carbons (Fsp3) is 0.294. The number of nitrogens with zero attached hydrogens (tertiary/aromatic N) is 5. The topological polar surface area (TPSA) is 99.9 Å². The monoisotopic (exact) mass is 338 g/mol. The first kappa shape index (κ1) is 15.5. The largest absolute Gasteiger partial charge is 0.381 e. The third-order valence-electron chi connectivity index (χ3n) is 4.52. The van der Waals surface area contributed by atoms with Crippen molar-refractivity contribution >= 4 is 5.91 Å². The molecule has 128 valence electrons. The van der Waals surface area contributed by atoms with Crippen LogP contribution in [-0.4, -0.2) is 54.2 Å². The van der Waals surface area contributed by atoms with E-state index < -0.39 is 5.60 Å². The Morgan fingerprint density at radius 1 is 1.28 bits per heavy atom. The summed E-state index contributed by atoms with van der Waals surface area (Å²) in [5, 5.41) is 25.1. The molecule has 25 heavy (non-hydrogen) atoms. The standard InChI is InChI=1S/C17H18N6O2/c1-12-8-19-23(10-12)14-4-2-13(3-5-14)16(24)22-7-6-17(25,11-22)15-9-18-21-20-15/h2-5,8-10,25H,6-7,11H2,1H3,(H,18,20,21). The van der Waals surface area contributed by atoms with Crippen LogP contribution in [0.3, 0.4) is 0 Å². The van der Waals surface area contributed by atoms with Gasteiger partial charge in [0.25, 0.3) is 5.91 Å². The van der Waals surface area contributed by atoms with E-state index in [1.165, 1.54) is 6.20 Å². The van der Waals surface area contributed by atoms with E-state index >= 15 is 0 Å². The predicted octanol–water partition coefficient (Wildman–Crippen LogP) is 1.03. The lowest BCUT2D eigenvalue weighted by atomic mass is 10.00. The number of aryl methyl sites for hydroxylation is 1. The molecule has 1 unspecified atom stereocenters. The van der Waals surface area contributed by atoms with Gasteiger partial charge < -0.3 is 10.0 Å². The molecule has 8 nitrogen and oxygen atoms in total. The molecule has 0 spiro atoms. The highest BCUT2D eigenvalue weighted by Gasteiger charge is 2.41. The summed E-state index contributed by atoms with van der Waals surface area (Å²) in [6.07, 6.45) is 5.65. The average molecular weight is 338 g/mol. The van der Waals surface area contributed by atoms with Gasteiger partial charge in [-0.05, 0) is 36.8 Å².